The van der Waals surface area contributed by atoms with Crippen LogP contribution in [0.3, 0.4) is 0 Å². The third kappa shape index (κ3) is 7.21. The number of hydrogen-bond acceptors (Lipinski definition) is 4. The zero-order chi connectivity index (χ0) is 55.7. The smallest absolute Gasteiger partial charge is 0.159 e. The number of benzene rings is 12. The predicted octanol–water partition coefficient (Wildman–Crippen LogP) is 23.2. The van der Waals surface area contributed by atoms with Gasteiger partial charge in [-0.2, -0.15) is 0 Å². The lowest BCUT2D eigenvalue weighted by Crippen LogP contribution is -2.26. The van der Waals surface area contributed by atoms with E-state index in [1.54, 1.807) is 0 Å². The number of hydrogen-bond donors (Lipinski definition) is 0. The summed E-state index contributed by atoms with van der Waals surface area (Å²) in [5.41, 5.74) is 22.9. The first-order chi connectivity index (χ1) is 42.2. The Hall–Kier alpha value is -9.64. The topological polar surface area (TPSA) is 32.8 Å². The van der Waals surface area contributed by atoms with Crippen molar-refractivity contribution in [1.82, 2.24) is 0 Å². The second kappa shape index (κ2) is 19.2. The highest BCUT2D eigenvalue weighted by Crippen LogP contribution is 2.66. The van der Waals surface area contributed by atoms with Gasteiger partial charge < -0.3 is 18.6 Å². The van der Waals surface area contributed by atoms with Crippen LogP contribution in [0.1, 0.15) is 109 Å². The molecule has 14 aromatic rings. The Balaban J connectivity index is 0.824. The van der Waals surface area contributed by atoms with Crippen LogP contribution in [0.25, 0.3) is 87.7 Å². The molecule has 2 fully saturated rings. The molecule has 0 unspecified atom stereocenters. The molecule has 0 radical (unpaired) electrons. The van der Waals surface area contributed by atoms with Crippen LogP contribution in [-0.2, 0) is 5.41 Å². The normalized spacial score (nSPS) is 15.5. The van der Waals surface area contributed by atoms with Crippen molar-refractivity contribution in [1.29, 1.82) is 0 Å². The second-order valence-electron chi connectivity index (χ2n) is 24.6. The van der Waals surface area contributed by atoms with Crippen LogP contribution >= 0.6 is 0 Å². The molecule has 0 N–H and O–H groups in total. The van der Waals surface area contributed by atoms with Crippen molar-refractivity contribution >= 4 is 99.5 Å². The minimum absolute atomic E-state index is 0.525. The lowest BCUT2D eigenvalue weighted by Gasteiger charge is -2.33. The summed E-state index contributed by atoms with van der Waals surface area (Å²) >= 11 is 0. The van der Waals surface area contributed by atoms with E-state index in [0.717, 1.165) is 67.2 Å². The van der Waals surface area contributed by atoms with E-state index < -0.39 is 5.41 Å². The molecule has 2 aromatic heterocycles. The summed E-state index contributed by atoms with van der Waals surface area (Å²) in [6.07, 6.45) is 12.6. The first kappa shape index (κ1) is 48.8. The summed E-state index contributed by atoms with van der Waals surface area (Å²) in [5.74, 6) is 1.05. The fourth-order valence-corrected chi connectivity index (χ4v) is 16.6. The van der Waals surface area contributed by atoms with Gasteiger partial charge in [0.1, 0.15) is 11.2 Å². The summed E-state index contributed by atoms with van der Waals surface area (Å²) in [6, 6.07) is 91.1. The Bertz CT molecular complexity index is 4680. The summed E-state index contributed by atoms with van der Waals surface area (Å²) in [7, 11) is 0. The third-order valence-corrected chi connectivity index (χ3v) is 20.2. The molecule has 0 saturated heterocycles. The SMILES string of the molecule is c1ccc(N(c2ccc3c4c(ccc3c2)-c2ccc3cc(N(c5ccccc5)c5cccc6c5oc5c(C7CCCCC7)cccc56)ccc3c2C42c3ccccc3-c3ccccc32)c2cccc3c2oc2c(C4CCCCC4)cccc23)cc1. The van der Waals surface area contributed by atoms with Crippen molar-refractivity contribution in [3.05, 3.63) is 276 Å². The molecule has 2 heterocycles. The van der Waals surface area contributed by atoms with Gasteiger partial charge in [-0.1, -0.05) is 221 Å². The lowest BCUT2D eigenvalue weighted by atomic mass is 9.68. The monoisotopic (exact) mass is 1090 g/mol. The standard InChI is InChI=1S/C81H62N2O2/c1-5-21-51(22-6-1)61-31-17-33-67-69-35-19-39-73(79(69)84-77(61)67)82(55-25-9-3-10-26-55)57-43-47-59-53(49-57)41-45-65-66-46-42-54-50-58(44-48-60(54)76(66)81(75(59)65)71-37-15-13-29-63(71)64-30-14-16-38-72(64)81)83(56-27-11-4-12-28-56)74-40-20-36-70-68-34-18-32-62(78(68)85-80(70)74)52-23-7-2-8-24-52/h3-4,9-20,25-52H,1-2,5-8,21-24H2. The Kier molecular flexibility index (Phi) is 11.0. The molecule has 2 saturated carbocycles. The average molecular weight is 1100 g/mol. The number of fused-ring (bicyclic) bond motifs is 20. The Morgan fingerprint density at radius 2 is 0.694 bits per heavy atom. The van der Waals surface area contributed by atoms with E-state index >= 15 is 0 Å². The van der Waals surface area contributed by atoms with Gasteiger partial charge in [0.15, 0.2) is 11.2 Å². The number of anilines is 6. The summed E-state index contributed by atoms with van der Waals surface area (Å²) in [6.45, 7) is 0. The second-order valence-corrected chi connectivity index (χ2v) is 24.6. The van der Waals surface area contributed by atoms with Crippen LogP contribution in [0.2, 0.25) is 0 Å². The molecule has 4 aliphatic rings. The molecule has 0 bridgehead atoms. The fourth-order valence-electron chi connectivity index (χ4n) is 16.6. The minimum Gasteiger partial charge on any atom is -0.454 e. The molecule has 1 spiro atoms. The zero-order valence-electron chi connectivity index (χ0n) is 47.5. The quantitative estimate of drug-likeness (QED) is 0.152. The molecule has 0 atom stereocenters. The Morgan fingerprint density at radius 1 is 0.294 bits per heavy atom. The van der Waals surface area contributed by atoms with E-state index in [4.69, 9.17) is 8.83 Å². The maximum absolute atomic E-state index is 7.21. The van der Waals surface area contributed by atoms with Crippen LogP contribution in [-0.4, -0.2) is 0 Å². The van der Waals surface area contributed by atoms with Crippen LogP contribution in [0.15, 0.2) is 251 Å². The molecule has 4 aliphatic carbocycles. The van der Waals surface area contributed by atoms with E-state index in [0.29, 0.717) is 11.8 Å². The van der Waals surface area contributed by atoms with Crippen LogP contribution in [0, 0.1) is 0 Å². The van der Waals surface area contributed by atoms with Gasteiger partial charge in [-0.25, -0.2) is 0 Å². The summed E-state index contributed by atoms with van der Waals surface area (Å²) < 4.78 is 14.4. The Labute approximate surface area is 495 Å². The highest BCUT2D eigenvalue weighted by atomic mass is 16.3. The van der Waals surface area contributed by atoms with Gasteiger partial charge >= 0.3 is 0 Å². The van der Waals surface area contributed by atoms with Crippen molar-refractivity contribution in [3.63, 3.8) is 0 Å². The molecular formula is C81H62N2O2. The first-order valence-corrected chi connectivity index (χ1v) is 31.1. The van der Waals surface area contributed by atoms with Gasteiger partial charge in [-0.05, 0) is 175 Å². The molecule has 12 aromatic carbocycles. The fraction of sp³-hybridized carbons (Fsp3) is 0.160. The van der Waals surface area contributed by atoms with Crippen molar-refractivity contribution < 1.29 is 8.83 Å². The number of nitrogens with zero attached hydrogens (tertiary/aromatic N) is 2. The van der Waals surface area contributed by atoms with E-state index in [1.165, 1.54) is 152 Å². The van der Waals surface area contributed by atoms with Gasteiger partial charge in [0.05, 0.1) is 16.8 Å². The van der Waals surface area contributed by atoms with Gasteiger partial charge in [-0.15, -0.1) is 0 Å². The van der Waals surface area contributed by atoms with E-state index in [2.05, 4.69) is 252 Å². The van der Waals surface area contributed by atoms with E-state index in [-0.39, 0.29) is 0 Å². The van der Waals surface area contributed by atoms with E-state index in [1.807, 2.05) is 0 Å². The van der Waals surface area contributed by atoms with Crippen LogP contribution in [0.4, 0.5) is 34.1 Å². The predicted molar refractivity (Wildman–Crippen MR) is 353 cm³/mol. The van der Waals surface area contributed by atoms with Gasteiger partial charge in [0, 0.05) is 44.3 Å². The van der Waals surface area contributed by atoms with Gasteiger partial charge in [0.2, 0.25) is 0 Å². The summed E-state index contributed by atoms with van der Waals surface area (Å²) in [4.78, 5) is 4.82. The molecule has 18 rings (SSSR count). The lowest BCUT2D eigenvalue weighted by molar-refractivity contribution is 0.442. The van der Waals surface area contributed by atoms with Gasteiger partial charge in [-0.3, -0.25) is 0 Å². The molecule has 0 amide bonds. The molecular weight excluding hydrogens is 1030 g/mol. The van der Waals surface area contributed by atoms with E-state index in [9.17, 15) is 0 Å². The minimum atomic E-state index is -0.607. The Morgan fingerprint density at radius 3 is 1.14 bits per heavy atom. The highest BCUT2D eigenvalue weighted by Gasteiger charge is 2.53. The molecule has 4 heteroatoms. The number of para-hydroxylation sites is 6. The largest absolute Gasteiger partial charge is 0.454 e. The molecule has 0 aliphatic heterocycles. The molecule has 4 nitrogen and oxygen atoms in total. The summed E-state index contributed by atoms with van der Waals surface area (Å²) in [5, 5.41) is 9.59. The highest BCUT2D eigenvalue weighted by molar-refractivity contribution is 6.14. The average Bonchev–Trinajstić information content (AvgIpc) is 1.54. The van der Waals surface area contributed by atoms with Crippen molar-refractivity contribution in [2.75, 3.05) is 9.80 Å². The maximum Gasteiger partial charge on any atom is 0.159 e. The van der Waals surface area contributed by atoms with Crippen LogP contribution < -0.4 is 9.80 Å². The molecule has 85 heavy (non-hydrogen) atoms. The van der Waals surface area contributed by atoms with Crippen LogP contribution in [0.5, 0.6) is 0 Å². The first-order valence-electron chi connectivity index (χ1n) is 31.1. The van der Waals surface area contributed by atoms with Crippen molar-refractivity contribution in [2.45, 2.75) is 81.5 Å². The third-order valence-electron chi connectivity index (χ3n) is 20.2. The van der Waals surface area contributed by atoms with Crippen molar-refractivity contribution in [2.24, 2.45) is 0 Å². The molecule has 408 valence electrons. The number of furan rings is 2. The number of rotatable bonds is 8. The van der Waals surface area contributed by atoms with Crippen molar-refractivity contribution in [3.8, 4) is 22.3 Å². The van der Waals surface area contributed by atoms with Gasteiger partial charge in [0.25, 0.3) is 0 Å². The zero-order valence-corrected chi connectivity index (χ0v) is 47.5. The maximum atomic E-state index is 7.21.